The van der Waals surface area contributed by atoms with Crippen LogP contribution < -0.4 is 0 Å². The molecule has 1 saturated heterocycles. The number of ether oxygens (including phenoxy) is 3. The molecule has 1 heterocycles. The summed E-state index contributed by atoms with van der Waals surface area (Å²) >= 11 is 3.99. The molecule has 0 aromatic heterocycles. The number of aryl methyl sites for hydroxylation is 1. The lowest BCUT2D eigenvalue weighted by Crippen LogP contribution is -2.32. The Morgan fingerprint density at radius 1 is 1.24 bits per heavy atom. The Hall–Kier alpha value is -0.690. The number of carbonyl (C=O) groups is 1. The van der Waals surface area contributed by atoms with Crippen LogP contribution >= 0.6 is 23.5 Å². The lowest BCUT2D eigenvalue weighted by atomic mass is 10.1. The molecule has 140 valence electrons. The van der Waals surface area contributed by atoms with E-state index in [1.54, 1.807) is 0 Å². The third-order valence-electron chi connectivity index (χ3n) is 4.02. The molecule has 1 unspecified atom stereocenters. The zero-order valence-electron chi connectivity index (χ0n) is 15.2. The normalized spacial score (nSPS) is 17.9. The number of methoxy groups -OCH3 is 1. The highest BCUT2D eigenvalue weighted by atomic mass is 32.2. The average molecular weight is 385 g/mol. The Bertz CT molecular complexity index is 515. The summed E-state index contributed by atoms with van der Waals surface area (Å²) in [6.45, 7) is 4.62. The quantitative estimate of drug-likeness (QED) is 0.465. The van der Waals surface area contributed by atoms with Crippen molar-refractivity contribution in [2.75, 3.05) is 25.2 Å². The molecule has 0 saturated carbocycles. The second-order valence-electron chi connectivity index (χ2n) is 5.89. The fourth-order valence-electron chi connectivity index (χ4n) is 2.74. The van der Waals surface area contributed by atoms with E-state index in [1.165, 1.54) is 30.6 Å². The highest BCUT2D eigenvalue weighted by molar-refractivity contribution is 8.17. The van der Waals surface area contributed by atoms with Crippen LogP contribution in [0.3, 0.4) is 0 Å². The fraction of sp³-hybridized carbons (Fsp3) is 0.632. The fourth-order valence-corrected chi connectivity index (χ4v) is 5.80. The predicted octanol–water partition coefficient (Wildman–Crippen LogP) is 4.37. The summed E-state index contributed by atoms with van der Waals surface area (Å²) in [7, 11) is 1.40. The van der Waals surface area contributed by atoms with Crippen LogP contribution in [0.1, 0.15) is 42.6 Å². The maximum atomic E-state index is 11.5. The van der Waals surface area contributed by atoms with Crippen molar-refractivity contribution < 1.29 is 19.0 Å². The van der Waals surface area contributed by atoms with Crippen molar-refractivity contribution in [3.05, 3.63) is 35.4 Å². The van der Waals surface area contributed by atoms with Crippen molar-refractivity contribution in [2.24, 2.45) is 0 Å². The molecule has 2 atom stereocenters. The van der Waals surface area contributed by atoms with E-state index in [9.17, 15) is 4.79 Å². The average Bonchev–Trinajstić information content (AvgIpc) is 2.66. The van der Waals surface area contributed by atoms with Gasteiger partial charge in [0.2, 0.25) is 0 Å². The number of hydrogen-bond acceptors (Lipinski definition) is 6. The molecule has 25 heavy (non-hydrogen) atoms. The van der Waals surface area contributed by atoms with Gasteiger partial charge in [0.05, 0.1) is 23.4 Å². The van der Waals surface area contributed by atoms with Crippen LogP contribution in [0.5, 0.6) is 0 Å². The van der Waals surface area contributed by atoms with Gasteiger partial charge in [-0.3, -0.25) is 0 Å². The summed E-state index contributed by atoms with van der Waals surface area (Å²) in [5.41, 5.74) is 1.79. The van der Waals surface area contributed by atoms with Gasteiger partial charge in [-0.05, 0) is 62.3 Å². The third-order valence-corrected chi connectivity index (χ3v) is 7.15. The molecular weight excluding hydrogens is 356 g/mol. The summed E-state index contributed by atoms with van der Waals surface area (Å²) in [6.07, 6.45) is 3.12. The minimum atomic E-state index is -0.298. The van der Waals surface area contributed by atoms with E-state index in [0.29, 0.717) is 16.8 Å². The van der Waals surface area contributed by atoms with Crippen LogP contribution in [0.2, 0.25) is 0 Å². The molecule has 2 rings (SSSR count). The summed E-state index contributed by atoms with van der Waals surface area (Å²) in [4.78, 5) is 11.5. The van der Waals surface area contributed by atoms with Crippen molar-refractivity contribution in [3.8, 4) is 0 Å². The molecule has 1 aliphatic rings. The number of esters is 1. The van der Waals surface area contributed by atoms with Crippen LogP contribution in [0.25, 0.3) is 0 Å². The van der Waals surface area contributed by atoms with Crippen molar-refractivity contribution in [3.63, 3.8) is 0 Å². The second kappa shape index (κ2) is 11.1. The lowest BCUT2D eigenvalue weighted by Gasteiger charge is -2.31. The van der Waals surface area contributed by atoms with Gasteiger partial charge in [0.15, 0.2) is 6.29 Å². The molecule has 0 spiro atoms. The first-order valence-electron chi connectivity index (χ1n) is 8.81. The molecular formula is C19H28O4S2. The van der Waals surface area contributed by atoms with E-state index in [1.807, 2.05) is 61.6 Å². The first kappa shape index (κ1) is 20.6. The highest BCUT2D eigenvalue weighted by Gasteiger charge is 2.27. The first-order valence-corrected chi connectivity index (χ1v) is 10.9. The van der Waals surface area contributed by atoms with Gasteiger partial charge in [0, 0.05) is 6.61 Å². The summed E-state index contributed by atoms with van der Waals surface area (Å²) in [6, 6.07) is 7.64. The topological polar surface area (TPSA) is 44.8 Å². The summed E-state index contributed by atoms with van der Waals surface area (Å²) in [5, 5.41) is 0. The van der Waals surface area contributed by atoms with E-state index in [0.717, 1.165) is 12.8 Å². The molecule has 0 amide bonds. The molecule has 1 aromatic carbocycles. The molecule has 1 aliphatic heterocycles. The van der Waals surface area contributed by atoms with Crippen LogP contribution in [-0.4, -0.2) is 48.2 Å². The van der Waals surface area contributed by atoms with Crippen molar-refractivity contribution in [1.82, 2.24) is 0 Å². The number of carbonyl (C=O) groups excluding carboxylic acids is 1. The molecule has 6 heteroatoms. The minimum Gasteiger partial charge on any atom is -0.465 e. The van der Waals surface area contributed by atoms with Crippen LogP contribution in [-0.2, 0) is 20.6 Å². The van der Waals surface area contributed by atoms with E-state index < -0.39 is 0 Å². The number of hydrogen-bond donors (Lipinski definition) is 0. The van der Waals surface area contributed by atoms with Gasteiger partial charge in [-0.2, -0.15) is 0 Å². The first-order chi connectivity index (χ1) is 12.1. The van der Waals surface area contributed by atoms with Crippen molar-refractivity contribution in [2.45, 2.75) is 50.1 Å². The van der Waals surface area contributed by atoms with Crippen LogP contribution in [0, 0.1) is 0 Å². The summed E-state index contributed by atoms with van der Waals surface area (Å²) < 4.78 is 17.0. The van der Waals surface area contributed by atoms with Crippen LogP contribution in [0.15, 0.2) is 24.3 Å². The van der Waals surface area contributed by atoms with Gasteiger partial charge < -0.3 is 14.2 Å². The molecule has 0 N–H and O–H groups in total. The smallest absolute Gasteiger partial charge is 0.337 e. The van der Waals surface area contributed by atoms with Gasteiger partial charge in [0.25, 0.3) is 0 Å². The zero-order chi connectivity index (χ0) is 18.1. The molecule has 0 bridgehead atoms. The Morgan fingerprint density at radius 2 is 1.92 bits per heavy atom. The number of thioether (sulfide) groups is 2. The van der Waals surface area contributed by atoms with E-state index in [2.05, 4.69) is 0 Å². The van der Waals surface area contributed by atoms with E-state index >= 15 is 0 Å². The predicted molar refractivity (Wildman–Crippen MR) is 105 cm³/mol. The van der Waals surface area contributed by atoms with Crippen molar-refractivity contribution >= 4 is 29.5 Å². The zero-order valence-corrected chi connectivity index (χ0v) is 16.9. The Balaban J connectivity index is 1.94. The maximum absolute atomic E-state index is 11.5. The SMILES string of the molecule is CCOC(C)O[C@@H](CCc1ccc(C(=O)OC)cc1)C1SCCCS1. The van der Waals surface area contributed by atoms with Crippen LogP contribution in [0.4, 0.5) is 0 Å². The largest absolute Gasteiger partial charge is 0.465 e. The number of rotatable bonds is 9. The van der Waals surface area contributed by atoms with Gasteiger partial charge >= 0.3 is 5.97 Å². The van der Waals surface area contributed by atoms with Crippen molar-refractivity contribution in [1.29, 1.82) is 0 Å². The highest BCUT2D eigenvalue weighted by Crippen LogP contribution is 2.36. The van der Waals surface area contributed by atoms with Gasteiger partial charge in [-0.25, -0.2) is 4.79 Å². The molecule has 1 aromatic rings. The third kappa shape index (κ3) is 6.85. The van der Waals surface area contributed by atoms with Gasteiger partial charge in [-0.15, -0.1) is 23.5 Å². The summed E-state index contributed by atoms with van der Waals surface area (Å²) in [5.74, 6) is 2.11. The molecule has 4 nitrogen and oxygen atoms in total. The molecule has 0 aliphatic carbocycles. The maximum Gasteiger partial charge on any atom is 0.337 e. The lowest BCUT2D eigenvalue weighted by molar-refractivity contribution is -0.154. The Kier molecular flexibility index (Phi) is 9.17. The standard InChI is InChI=1S/C19H28O4S2/c1-4-22-14(2)23-17(19-24-12-5-13-25-19)11-8-15-6-9-16(10-7-15)18(20)21-3/h6-7,9-10,14,17,19H,4-5,8,11-13H2,1-3H3/t14?,17-/m0/s1. The van der Waals surface area contributed by atoms with E-state index in [4.69, 9.17) is 14.2 Å². The molecule has 1 fully saturated rings. The monoisotopic (exact) mass is 384 g/mol. The minimum absolute atomic E-state index is 0.164. The van der Waals surface area contributed by atoms with E-state index in [-0.39, 0.29) is 18.4 Å². The molecule has 0 radical (unpaired) electrons. The Labute approximate surface area is 159 Å². The Morgan fingerprint density at radius 3 is 2.52 bits per heavy atom. The second-order valence-corrected chi connectivity index (χ2v) is 8.69. The number of benzene rings is 1. The van der Waals surface area contributed by atoms with Gasteiger partial charge in [0.1, 0.15) is 0 Å². The van der Waals surface area contributed by atoms with Gasteiger partial charge in [-0.1, -0.05) is 12.1 Å².